The Morgan fingerprint density at radius 3 is 2.87 bits per heavy atom. The maximum absolute atomic E-state index is 11.3. The predicted molar refractivity (Wildman–Crippen MR) is 57.2 cm³/mol. The van der Waals surface area contributed by atoms with E-state index in [2.05, 4.69) is 0 Å². The number of carbonyl (C=O) groups is 1. The molecular formula is C11H12N2O2. The third-order valence-electron chi connectivity index (χ3n) is 2.12. The van der Waals surface area contributed by atoms with Gasteiger partial charge in [-0.2, -0.15) is 4.73 Å². The number of hydrogen-bond donors (Lipinski definition) is 1. The van der Waals surface area contributed by atoms with Crippen LogP contribution in [0.15, 0.2) is 36.5 Å². The Kier molecular flexibility index (Phi) is 2.43. The normalized spacial score (nSPS) is 12.7. The number of carbonyl (C=O) groups excluding carboxylic acids is 1. The Labute approximate surface area is 87.2 Å². The van der Waals surface area contributed by atoms with E-state index in [1.165, 1.54) is 4.73 Å². The second-order valence-electron chi connectivity index (χ2n) is 3.40. The lowest BCUT2D eigenvalue weighted by Crippen LogP contribution is -2.34. The van der Waals surface area contributed by atoms with Gasteiger partial charge < -0.3 is 10.6 Å². The fraction of sp³-hybridized carbons (Fsp3) is 0.182. The quantitative estimate of drug-likeness (QED) is 0.792. The van der Waals surface area contributed by atoms with Gasteiger partial charge in [0, 0.05) is 11.6 Å². The van der Waals surface area contributed by atoms with Crippen molar-refractivity contribution in [3.05, 3.63) is 36.5 Å². The van der Waals surface area contributed by atoms with Gasteiger partial charge in [-0.1, -0.05) is 18.2 Å². The van der Waals surface area contributed by atoms with Crippen molar-refractivity contribution in [3.63, 3.8) is 0 Å². The SMILES string of the molecule is C[C@H](N)C(=O)On1ccc2ccccc21. The van der Waals surface area contributed by atoms with Crippen LogP contribution < -0.4 is 10.6 Å². The lowest BCUT2D eigenvalue weighted by Gasteiger charge is -2.07. The second kappa shape index (κ2) is 3.74. The van der Waals surface area contributed by atoms with E-state index >= 15 is 0 Å². The molecule has 78 valence electrons. The Morgan fingerprint density at radius 1 is 1.40 bits per heavy atom. The van der Waals surface area contributed by atoms with Crippen LogP contribution in [0.4, 0.5) is 0 Å². The number of fused-ring (bicyclic) bond motifs is 1. The Bertz CT molecular complexity index is 488. The summed E-state index contributed by atoms with van der Waals surface area (Å²) >= 11 is 0. The highest BCUT2D eigenvalue weighted by Crippen LogP contribution is 2.13. The molecule has 0 spiro atoms. The summed E-state index contributed by atoms with van der Waals surface area (Å²) in [7, 11) is 0. The number of aromatic nitrogens is 1. The van der Waals surface area contributed by atoms with E-state index in [1.54, 1.807) is 13.1 Å². The third kappa shape index (κ3) is 1.85. The summed E-state index contributed by atoms with van der Waals surface area (Å²) in [6.07, 6.45) is 1.70. The van der Waals surface area contributed by atoms with Gasteiger partial charge in [0.25, 0.3) is 0 Å². The van der Waals surface area contributed by atoms with E-state index in [4.69, 9.17) is 10.6 Å². The zero-order chi connectivity index (χ0) is 10.8. The zero-order valence-electron chi connectivity index (χ0n) is 8.38. The Morgan fingerprint density at radius 2 is 2.13 bits per heavy atom. The van der Waals surface area contributed by atoms with Crippen LogP contribution in [0.25, 0.3) is 10.9 Å². The molecule has 1 aromatic carbocycles. The predicted octanol–water partition coefficient (Wildman–Crippen LogP) is 0.944. The van der Waals surface area contributed by atoms with Crippen molar-refractivity contribution in [3.8, 4) is 0 Å². The molecule has 2 rings (SSSR count). The zero-order valence-corrected chi connectivity index (χ0v) is 8.38. The highest BCUT2D eigenvalue weighted by molar-refractivity contribution is 5.81. The molecule has 0 unspecified atom stereocenters. The topological polar surface area (TPSA) is 57.3 Å². The van der Waals surface area contributed by atoms with E-state index in [0.717, 1.165) is 10.9 Å². The molecule has 2 N–H and O–H groups in total. The molecule has 0 fully saturated rings. The van der Waals surface area contributed by atoms with Crippen LogP contribution in [-0.2, 0) is 4.79 Å². The van der Waals surface area contributed by atoms with Crippen LogP contribution in [0, 0.1) is 0 Å². The highest BCUT2D eigenvalue weighted by Gasteiger charge is 2.11. The van der Waals surface area contributed by atoms with Gasteiger partial charge in [0.2, 0.25) is 0 Å². The van der Waals surface area contributed by atoms with Crippen LogP contribution in [0.1, 0.15) is 6.92 Å². The fourth-order valence-electron chi connectivity index (χ4n) is 1.32. The summed E-state index contributed by atoms with van der Waals surface area (Å²) < 4.78 is 1.43. The van der Waals surface area contributed by atoms with Gasteiger partial charge >= 0.3 is 5.97 Å². The number of nitrogens with two attached hydrogens (primary N) is 1. The van der Waals surface area contributed by atoms with Crippen molar-refractivity contribution in [1.82, 2.24) is 4.73 Å². The summed E-state index contributed by atoms with van der Waals surface area (Å²) in [6.45, 7) is 1.59. The summed E-state index contributed by atoms with van der Waals surface area (Å²) in [6, 6.07) is 8.91. The van der Waals surface area contributed by atoms with Gasteiger partial charge in [0.15, 0.2) is 0 Å². The first kappa shape index (κ1) is 9.73. The number of hydrogen-bond acceptors (Lipinski definition) is 3. The summed E-state index contributed by atoms with van der Waals surface area (Å²) in [4.78, 5) is 16.4. The first-order valence-electron chi connectivity index (χ1n) is 4.72. The maximum Gasteiger partial charge on any atom is 0.349 e. The van der Waals surface area contributed by atoms with Crippen LogP contribution in [0.3, 0.4) is 0 Å². The molecule has 4 nitrogen and oxygen atoms in total. The number of nitrogens with zero attached hydrogens (tertiary/aromatic N) is 1. The number of benzene rings is 1. The molecule has 4 heteroatoms. The monoisotopic (exact) mass is 204 g/mol. The molecule has 15 heavy (non-hydrogen) atoms. The molecule has 0 amide bonds. The lowest BCUT2D eigenvalue weighted by molar-refractivity contribution is -0.144. The van der Waals surface area contributed by atoms with Crippen molar-refractivity contribution in [2.45, 2.75) is 13.0 Å². The lowest BCUT2D eigenvalue weighted by atomic mass is 10.3. The second-order valence-corrected chi connectivity index (χ2v) is 3.40. The minimum absolute atomic E-state index is 0.448. The largest absolute Gasteiger partial charge is 0.349 e. The summed E-state index contributed by atoms with van der Waals surface area (Å²) in [5.74, 6) is -0.448. The molecule has 0 saturated carbocycles. The van der Waals surface area contributed by atoms with Crippen LogP contribution in [0.2, 0.25) is 0 Å². The van der Waals surface area contributed by atoms with Gasteiger partial charge in [-0.05, 0) is 19.1 Å². The Balaban J connectivity index is 2.33. The van der Waals surface area contributed by atoms with Gasteiger partial charge in [-0.3, -0.25) is 0 Å². The average molecular weight is 204 g/mol. The molecule has 0 radical (unpaired) electrons. The third-order valence-corrected chi connectivity index (χ3v) is 2.12. The standard InChI is InChI=1S/C11H12N2O2/c1-8(12)11(14)15-13-7-6-9-4-2-3-5-10(9)13/h2-8H,12H2,1H3/t8-/m0/s1. The number of rotatable bonds is 2. The minimum atomic E-state index is -0.619. The molecule has 0 bridgehead atoms. The maximum atomic E-state index is 11.3. The van der Waals surface area contributed by atoms with Gasteiger partial charge in [0.1, 0.15) is 6.04 Å². The van der Waals surface area contributed by atoms with Crippen LogP contribution in [0.5, 0.6) is 0 Å². The molecular weight excluding hydrogens is 192 g/mol. The van der Waals surface area contributed by atoms with E-state index in [9.17, 15) is 4.79 Å². The smallest absolute Gasteiger partial charge is 0.335 e. The molecule has 0 aliphatic carbocycles. The van der Waals surface area contributed by atoms with Crippen LogP contribution >= 0.6 is 0 Å². The molecule has 0 aliphatic rings. The first-order valence-corrected chi connectivity index (χ1v) is 4.72. The highest BCUT2D eigenvalue weighted by atomic mass is 16.7. The van der Waals surface area contributed by atoms with Crippen molar-refractivity contribution in [2.24, 2.45) is 5.73 Å². The number of para-hydroxylation sites is 1. The minimum Gasteiger partial charge on any atom is -0.335 e. The van der Waals surface area contributed by atoms with Crippen molar-refractivity contribution in [2.75, 3.05) is 0 Å². The summed E-state index contributed by atoms with van der Waals surface area (Å²) in [5.41, 5.74) is 6.26. The first-order chi connectivity index (χ1) is 7.18. The van der Waals surface area contributed by atoms with Gasteiger partial charge in [-0.15, -0.1) is 0 Å². The van der Waals surface area contributed by atoms with E-state index in [-0.39, 0.29) is 0 Å². The van der Waals surface area contributed by atoms with Crippen molar-refractivity contribution < 1.29 is 9.63 Å². The molecule has 1 heterocycles. The Hall–Kier alpha value is -1.81. The molecule has 1 aromatic heterocycles. The van der Waals surface area contributed by atoms with E-state index in [1.807, 2.05) is 30.3 Å². The molecule has 1 atom stereocenters. The van der Waals surface area contributed by atoms with Crippen molar-refractivity contribution in [1.29, 1.82) is 0 Å². The molecule has 2 aromatic rings. The van der Waals surface area contributed by atoms with E-state index in [0.29, 0.717) is 0 Å². The van der Waals surface area contributed by atoms with Crippen LogP contribution in [-0.4, -0.2) is 16.7 Å². The molecule has 0 saturated heterocycles. The van der Waals surface area contributed by atoms with Crippen molar-refractivity contribution >= 4 is 16.9 Å². The van der Waals surface area contributed by atoms with Gasteiger partial charge in [0.05, 0.1) is 5.52 Å². The van der Waals surface area contributed by atoms with E-state index < -0.39 is 12.0 Å². The fourth-order valence-corrected chi connectivity index (χ4v) is 1.32. The summed E-state index contributed by atoms with van der Waals surface area (Å²) in [5, 5.41) is 1.02. The average Bonchev–Trinajstić information content (AvgIpc) is 2.62. The molecule has 0 aliphatic heterocycles. The van der Waals surface area contributed by atoms with Gasteiger partial charge in [-0.25, -0.2) is 4.79 Å².